The van der Waals surface area contributed by atoms with Crippen molar-refractivity contribution in [3.8, 4) is 0 Å². The zero-order chi connectivity index (χ0) is 12.1. The quantitative estimate of drug-likeness (QED) is 0.700. The van der Waals surface area contributed by atoms with Crippen molar-refractivity contribution in [2.24, 2.45) is 0 Å². The van der Waals surface area contributed by atoms with Crippen LogP contribution in [0.4, 0.5) is 0 Å². The summed E-state index contributed by atoms with van der Waals surface area (Å²) in [5, 5.41) is 0. The van der Waals surface area contributed by atoms with Crippen LogP contribution in [0.15, 0.2) is 0 Å². The Morgan fingerprint density at radius 3 is 1.35 bits per heavy atom. The molecule has 2 nitrogen and oxygen atoms in total. The van der Waals surface area contributed by atoms with Gasteiger partial charge < -0.3 is 0 Å². The zero-order valence-electron chi connectivity index (χ0n) is 11.5. The van der Waals surface area contributed by atoms with E-state index in [0.717, 1.165) is 12.1 Å². The normalized spacial score (nSPS) is 24.7. The monoisotopic (exact) mass is 256 g/mol. The molecule has 0 radical (unpaired) electrons. The van der Waals surface area contributed by atoms with Gasteiger partial charge in [0.25, 0.3) is 0 Å². The molecule has 0 atom stereocenters. The molecule has 0 unspecified atom stereocenters. The van der Waals surface area contributed by atoms with Gasteiger partial charge in [-0.2, -0.15) is 0 Å². The first-order valence-electron chi connectivity index (χ1n) is 7.41. The Hall–Kier alpha value is 0.270. The maximum absolute atomic E-state index is 2.52. The summed E-state index contributed by atoms with van der Waals surface area (Å²) in [6.07, 6.45) is 14.3. The van der Waals surface area contributed by atoms with Crippen LogP contribution >= 0.6 is 12.1 Å². The van der Waals surface area contributed by atoms with E-state index in [9.17, 15) is 0 Å². The van der Waals surface area contributed by atoms with Crippen LogP contribution in [0.2, 0.25) is 0 Å². The Kier molecular flexibility index (Phi) is 5.64. The largest absolute Gasteiger partial charge is 0.237 e. The molecule has 0 aromatic carbocycles. The molecule has 2 aliphatic carbocycles. The van der Waals surface area contributed by atoms with Crippen LogP contribution in [0, 0.1) is 0 Å². The summed E-state index contributed by atoms with van der Waals surface area (Å²) in [4.78, 5) is 0. The number of rotatable bonds is 4. The van der Waals surface area contributed by atoms with Crippen LogP contribution in [0.5, 0.6) is 0 Å². The molecule has 0 heterocycles. The first kappa shape index (κ1) is 13.7. The minimum atomic E-state index is 0.819. The van der Waals surface area contributed by atoms with Gasteiger partial charge in [-0.05, 0) is 39.8 Å². The molecule has 3 heteroatoms. The van der Waals surface area contributed by atoms with Gasteiger partial charge in [-0.15, -0.1) is 0 Å². The lowest BCUT2D eigenvalue weighted by Crippen LogP contribution is -2.35. The molecule has 2 rings (SSSR count). The molecule has 0 spiro atoms. The van der Waals surface area contributed by atoms with E-state index in [1.165, 1.54) is 64.2 Å². The van der Waals surface area contributed by atoms with Gasteiger partial charge in [0.2, 0.25) is 0 Å². The molecule has 2 aliphatic rings. The minimum absolute atomic E-state index is 0.819. The second-order valence-electron chi connectivity index (χ2n) is 5.76. The maximum Gasteiger partial charge on any atom is 0.0211 e. The molecule has 0 N–H and O–H groups in total. The van der Waals surface area contributed by atoms with Gasteiger partial charge in [-0.25, -0.2) is 8.61 Å². The Labute approximate surface area is 111 Å². The second kappa shape index (κ2) is 7.01. The topological polar surface area (TPSA) is 6.48 Å². The second-order valence-corrected chi connectivity index (χ2v) is 7.07. The summed E-state index contributed by atoms with van der Waals surface area (Å²) in [6, 6.07) is 1.64. The lowest BCUT2D eigenvalue weighted by Gasteiger charge is -2.36. The van der Waals surface area contributed by atoms with Gasteiger partial charge in [-0.1, -0.05) is 38.5 Å². The van der Waals surface area contributed by atoms with Gasteiger partial charge in [0.05, 0.1) is 0 Å². The van der Waals surface area contributed by atoms with Crippen molar-refractivity contribution in [1.29, 1.82) is 0 Å². The number of hydrogen-bond donors (Lipinski definition) is 0. The molecule has 17 heavy (non-hydrogen) atoms. The van der Waals surface area contributed by atoms with Crippen LogP contribution in [0.1, 0.15) is 64.2 Å². The fourth-order valence-electron chi connectivity index (χ4n) is 3.23. The Morgan fingerprint density at radius 2 is 1.00 bits per heavy atom. The molecule has 2 saturated carbocycles. The molecule has 0 aromatic rings. The van der Waals surface area contributed by atoms with E-state index in [1.807, 2.05) is 12.1 Å². The van der Waals surface area contributed by atoms with Crippen LogP contribution < -0.4 is 0 Å². The van der Waals surface area contributed by atoms with Crippen LogP contribution in [0.3, 0.4) is 0 Å². The molecule has 100 valence electrons. The van der Waals surface area contributed by atoms with Crippen molar-refractivity contribution < 1.29 is 0 Å². The first-order chi connectivity index (χ1) is 8.27. The summed E-state index contributed by atoms with van der Waals surface area (Å²) in [6.45, 7) is 0. The first-order valence-corrected chi connectivity index (χ1v) is 8.14. The van der Waals surface area contributed by atoms with E-state index in [1.54, 1.807) is 0 Å². The number of nitrogens with zero attached hydrogens (tertiary/aromatic N) is 2. The predicted octanol–water partition coefficient (Wildman–Crippen LogP) is 4.08. The van der Waals surface area contributed by atoms with E-state index in [4.69, 9.17) is 0 Å². The van der Waals surface area contributed by atoms with Crippen LogP contribution in [-0.2, 0) is 0 Å². The summed E-state index contributed by atoms with van der Waals surface area (Å²) in [5.41, 5.74) is 0. The third kappa shape index (κ3) is 4.15. The summed E-state index contributed by atoms with van der Waals surface area (Å²) in [5.74, 6) is 0. The average Bonchev–Trinajstić information content (AvgIpc) is 2.40. The minimum Gasteiger partial charge on any atom is -0.237 e. The van der Waals surface area contributed by atoms with Crippen molar-refractivity contribution in [2.45, 2.75) is 76.3 Å². The van der Waals surface area contributed by atoms with Crippen molar-refractivity contribution in [3.63, 3.8) is 0 Å². The van der Waals surface area contributed by atoms with E-state index >= 15 is 0 Å². The highest BCUT2D eigenvalue weighted by molar-refractivity contribution is 7.94. The van der Waals surface area contributed by atoms with Gasteiger partial charge in [0.1, 0.15) is 0 Å². The SMILES string of the molecule is CN(SN(C)C1CCCCC1)C1CCCCC1. The third-order valence-corrected chi connectivity index (χ3v) is 5.55. The fraction of sp³-hybridized carbons (Fsp3) is 1.00. The van der Waals surface area contributed by atoms with Crippen molar-refractivity contribution >= 4 is 12.1 Å². The smallest absolute Gasteiger partial charge is 0.0211 e. The summed E-state index contributed by atoms with van der Waals surface area (Å²) < 4.78 is 5.04. The number of hydrogen-bond acceptors (Lipinski definition) is 3. The Morgan fingerprint density at radius 1 is 0.647 bits per heavy atom. The molecular formula is C14H28N2S. The lowest BCUT2D eigenvalue weighted by molar-refractivity contribution is 0.270. The average molecular weight is 256 g/mol. The van der Waals surface area contributed by atoms with Crippen molar-refractivity contribution in [1.82, 2.24) is 8.61 Å². The molecule has 0 bridgehead atoms. The van der Waals surface area contributed by atoms with Crippen LogP contribution in [-0.4, -0.2) is 34.8 Å². The third-order valence-electron chi connectivity index (χ3n) is 4.44. The van der Waals surface area contributed by atoms with E-state index in [2.05, 4.69) is 22.7 Å². The predicted molar refractivity (Wildman–Crippen MR) is 76.9 cm³/mol. The Balaban J connectivity index is 1.74. The molecule has 2 fully saturated rings. The molecular weight excluding hydrogens is 228 g/mol. The van der Waals surface area contributed by atoms with Crippen LogP contribution in [0.25, 0.3) is 0 Å². The molecule has 0 aliphatic heterocycles. The van der Waals surface area contributed by atoms with E-state index in [0.29, 0.717) is 0 Å². The van der Waals surface area contributed by atoms with Gasteiger partial charge in [0.15, 0.2) is 0 Å². The van der Waals surface area contributed by atoms with Gasteiger partial charge >= 0.3 is 0 Å². The maximum atomic E-state index is 2.52. The highest BCUT2D eigenvalue weighted by Gasteiger charge is 2.23. The zero-order valence-corrected chi connectivity index (χ0v) is 12.3. The standard InChI is InChI=1S/C14H28N2S/c1-15(13-9-5-3-6-10-13)17-16(2)14-11-7-4-8-12-14/h13-14H,3-12H2,1-2H3. The summed E-state index contributed by atoms with van der Waals surface area (Å²) in [7, 11) is 4.58. The van der Waals surface area contributed by atoms with Crippen molar-refractivity contribution in [2.75, 3.05) is 14.1 Å². The fourth-order valence-corrected chi connectivity index (χ4v) is 4.32. The molecule has 0 amide bonds. The van der Waals surface area contributed by atoms with E-state index < -0.39 is 0 Å². The van der Waals surface area contributed by atoms with Crippen molar-refractivity contribution in [3.05, 3.63) is 0 Å². The molecule has 0 saturated heterocycles. The van der Waals surface area contributed by atoms with Gasteiger partial charge in [0, 0.05) is 24.2 Å². The Bertz CT molecular complexity index is 188. The van der Waals surface area contributed by atoms with E-state index in [-0.39, 0.29) is 0 Å². The highest BCUT2D eigenvalue weighted by Crippen LogP contribution is 2.31. The lowest BCUT2D eigenvalue weighted by atomic mass is 9.96. The highest BCUT2D eigenvalue weighted by atomic mass is 32.2. The molecule has 0 aromatic heterocycles. The van der Waals surface area contributed by atoms with Gasteiger partial charge in [-0.3, -0.25) is 0 Å². The summed E-state index contributed by atoms with van der Waals surface area (Å²) >= 11 is 1.98.